The van der Waals surface area contributed by atoms with Crippen LogP contribution in [0.2, 0.25) is 0 Å². The van der Waals surface area contributed by atoms with Gasteiger partial charge >= 0.3 is 5.97 Å². The summed E-state index contributed by atoms with van der Waals surface area (Å²) < 4.78 is 25.7. The molecule has 0 aliphatic carbocycles. The van der Waals surface area contributed by atoms with E-state index in [1.165, 1.54) is 38.2 Å². The summed E-state index contributed by atoms with van der Waals surface area (Å²) in [5, 5.41) is 0. The molecular formula is C31H37FO3. The highest BCUT2D eigenvalue weighted by atomic mass is 19.1. The Bertz CT molecular complexity index is 1040. The number of aryl methyl sites for hydroxylation is 1. The van der Waals surface area contributed by atoms with Gasteiger partial charge in [-0.2, -0.15) is 0 Å². The van der Waals surface area contributed by atoms with Crippen molar-refractivity contribution >= 4 is 5.97 Å². The molecule has 35 heavy (non-hydrogen) atoms. The molecule has 0 N–H and O–H groups in total. The molecule has 0 aromatic heterocycles. The summed E-state index contributed by atoms with van der Waals surface area (Å²) in [4.78, 5) is 12.5. The van der Waals surface area contributed by atoms with Crippen LogP contribution in [-0.2, 0) is 6.42 Å². The fourth-order valence-electron chi connectivity index (χ4n) is 3.96. The second-order valence-electron chi connectivity index (χ2n) is 8.96. The predicted octanol–water partition coefficient (Wildman–Crippen LogP) is 8.79. The zero-order valence-corrected chi connectivity index (χ0v) is 21.0. The second-order valence-corrected chi connectivity index (χ2v) is 8.96. The average Bonchev–Trinajstić information content (AvgIpc) is 2.88. The number of carbonyl (C=O) groups is 1. The Morgan fingerprint density at radius 1 is 0.714 bits per heavy atom. The molecular weight excluding hydrogens is 439 g/mol. The van der Waals surface area contributed by atoms with Gasteiger partial charge in [-0.25, -0.2) is 9.18 Å². The summed E-state index contributed by atoms with van der Waals surface area (Å²) in [5.74, 6) is 0.388. The van der Waals surface area contributed by atoms with Gasteiger partial charge < -0.3 is 9.47 Å². The van der Waals surface area contributed by atoms with Gasteiger partial charge in [-0.3, -0.25) is 0 Å². The van der Waals surface area contributed by atoms with E-state index in [0.29, 0.717) is 17.7 Å². The van der Waals surface area contributed by atoms with Crippen LogP contribution in [0.1, 0.15) is 81.1 Å². The van der Waals surface area contributed by atoms with Crippen molar-refractivity contribution in [3.05, 3.63) is 83.7 Å². The maximum absolute atomic E-state index is 14.5. The Kier molecular flexibility index (Phi) is 10.8. The van der Waals surface area contributed by atoms with Crippen LogP contribution in [0.15, 0.2) is 66.7 Å². The first-order valence-electron chi connectivity index (χ1n) is 12.9. The Balaban J connectivity index is 1.52. The smallest absolute Gasteiger partial charge is 0.343 e. The molecule has 186 valence electrons. The van der Waals surface area contributed by atoms with E-state index in [4.69, 9.17) is 9.47 Å². The van der Waals surface area contributed by atoms with Gasteiger partial charge in [0.2, 0.25) is 0 Å². The van der Waals surface area contributed by atoms with Crippen molar-refractivity contribution in [2.75, 3.05) is 6.61 Å². The number of hydrogen-bond acceptors (Lipinski definition) is 3. The van der Waals surface area contributed by atoms with Crippen LogP contribution in [-0.4, -0.2) is 12.6 Å². The minimum absolute atomic E-state index is 0.218. The van der Waals surface area contributed by atoms with Gasteiger partial charge in [-0.1, -0.05) is 82.7 Å². The molecule has 0 saturated carbocycles. The summed E-state index contributed by atoms with van der Waals surface area (Å²) >= 11 is 0. The molecule has 0 bridgehead atoms. The Morgan fingerprint density at radius 3 is 1.94 bits per heavy atom. The monoisotopic (exact) mass is 476 g/mol. The number of halogens is 1. The molecule has 0 atom stereocenters. The SMILES string of the molecule is CCCCCCCc1ccc(C(=O)Oc2ccc(-c3ccc(OCCCCC)cc3)cc2)cc1F. The average molecular weight is 477 g/mol. The third kappa shape index (κ3) is 8.54. The molecule has 0 saturated heterocycles. The van der Waals surface area contributed by atoms with E-state index in [9.17, 15) is 9.18 Å². The maximum Gasteiger partial charge on any atom is 0.343 e. The molecule has 0 aliphatic rings. The number of rotatable bonds is 14. The highest BCUT2D eigenvalue weighted by molar-refractivity contribution is 5.91. The fourth-order valence-corrected chi connectivity index (χ4v) is 3.96. The largest absolute Gasteiger partial charge is 0.494 e. The minimum atomic E-state index is -0.560. The van der Waals surface area contributed by atoms with Crippen molar-refractivity contribution in [2.24, 2.45) is 0 Å². The molecule has 3 aromatic rings. The number of carbonyl (C=O) groups excluding carboxylic acids is 1. The topological polar surface area (TPSA) is 35.5 Å². The summed E-state index contributed by atoms with van der Waals surface area (Å²) in [5.41, 5.74) is 2.93. The van der Waals surface area contributed by atoms with Gasteiger partial charge in [-0.15, -0.1) is 0 Å². The van der Waals surface area contributed by atoms with Crippen LogP contribution in [0.25, 0.3) is 11.1 Å². The molecule has 0 spiro atoms. The lowest BCUT2D eigenvalue weighted by atomic mass is 10.0. The Morgan fingerprint density at radius 2 is 1.31 bits per heavy atom. The Labute approximate surface area is 209 Å². The van der Waals surface area contributed by atoms with E-state index in [1.807, 2.05) is 36.4 Å². The number of hydrogen-bond donors (Lipinski definition) is 0. The molecule has 0 heterocycles. The first kappa shape index (κ1) is 26.5. The van der Waals surface area contributed by atoms with Gasteiger partial charge in [0.25, 0.3) is 0 Å². The van der Waals surface area contributed by atoms with Gasteiger partial charge in [0.1, 0.15) is 17.3 Å². The molecule has 0 aliphatic heterocycles. The molecule has 3 nitrogen and oxygen atoms in total. The third-order valence-electron chi connectivity index (χ3n) is 6.11. The summed E-state index contributed by atoms with van der Waals surface area (Å²) in [6, 6.07) is 19.9. The van der Waals surface area contributed by atoms with Crippen LogP contribution in [0.4, 0.5) is 4.39 Å². The van der Waals surface area contributed by atoms with E-state index in [1.54, 1.807) is 24.3 Å². The van der Waals surface area contributed by atoms with Crippen LogP contribution in [0.3, 0.4) is 0 Å². The lowest BCUT2D eigenvalue weighted by Crippen LogP contribution is -2.09. The Hall–Kier alpha value is -3.14. The lowest BCUT2D eigenvalue weighted by Gasteiger charge is -2.09. The summed E-state index contributed by atoms with van der Waals surface area (Å²) in [7, 11) is 0. The quantitative estimate of drug-likeness (QED) is 0.132. The van der Waals surface area contributed by atoms with Gasteiger partial charge in [0.05, 0.1) is 12.2 Å². The van der Waals surface area contributed by atoms with Crippen LogP contribution in [0.5, 0.6) is 11.5 Å². The van der Waals surface area contributed by atoms with E-state index in [0.717, 1.165) is 42.7 Å². The van der Waals surface area contributed by atoms with Gasteiger partial charge in [0, 0.05) is 0 Å². The van der Waals surface area contributed by atoms with E-state index in [-0.39, 0.29) is 11.4 Å². The second kappa shape index (κ2) is 14.3. The standard InChI is InChI=1S/C31H37FO3/c1-3-5-7-8-9-11-26-12-13-27(23-30(26)32)31(33)35-29-20-16-25(17-21-29)24-14-18-28(19-15-24)34-22-10-6-4-2/h12-21,23H,3-11,22H2,1-2H3. The highest BCUT2D eigenvalue weighted by Gasteiger charge is 2.12. The lowest BCUT2D eigenvalue weighted by molar-refractivity contribution is 0.0734. The fraction of sp³-hybridized carbons (Fsp3) is 0.387. The molecule has 0 radical (unpaired) electrons. The van der Waals surface area contributed by atoms with Crippen molar-refractivity contribution in [1.29, 1.82) is 0 Å². The summed E-state index contributed by atoms with van der Waals surface area (Å²) in [6.07, 6.45) is 9.76. The molecule has 0 unspecified atom stereocenters. The third-order valence-corrected chi connectivity index (χ3v) is 6.11. The van der Waals surface area contributed by atoms with Crippen LogP contribution >= 0.6 is 0 Å². The molecule has 0 amide bonds. The van der Waals surface area contributed by atoms with Crippen molar-refractivity contribution in [1.82, 2.24) is 0 Å². The van der Waals surface area contributed by atoms with Gasteiger partial charge in [-0.05, 0) is 72.4 Å². The van der Waals surface area contributed by atoms with Crippen molar-refractivity contribution in [3.63, 3.8) is 0 Å². The number of benzene rings is 3. The molecule has 3 aromatic carbocycles. The molecule has 0 fully saturated rings. The first-order valence-corrected chi connectivity index (χ1v) is 12.9. The van der Waals surface area contributed by atoms with Crippen molar-refractivity contribution < 1.29 is 18.7 Å². The molecule has 4 heteroatoms. The normalized spacial score (nSPS) is 10.8. The van der Waals surface area contributed by atoms with E-state index < -0.39 is 5.97 Å². The zero-order valence-electron chi connectivity index (χ0n) is 21.0. The molecule has 3 rings (SSSR count). The van der Waals surface area contributed by atoms with Crippen LogP contribution in [0, 0.1) is 5.82 Å². The predicted molar refractivity (Wildman–Crippen MR) is 141 cm³/mol. The van der Waals surface area contributed by atoms with Gasteiger partial charge in [0.15, 0.2) is 0 Å². The van der Waals surface area contributed by atoms with Crippen molar-refractivity contribution in [3.8, 4) is 22.6 Å². The minimum Gasteiger partial charge on any atom is -0.494 e. The van der Waals surface area contributed by atoms with E-state index >= 15 is 0 Å². The zero-order chi connectivity index (χ0) is 24.9. The number of ether oxygens (including phenoxy) is 2. The first-order chi connectivity index (χ1) is 17.1. The number of esters is 1. The van der Waals surface area contributed by atoms with Crippen molar-refractivity contribution in [2.45, 2.75) is 71.6 Å². The van der Waals surface area contributed by atoms with E-state index in [2.05, 4.69) is 13.8 Å². The maximum atomic E-state index is 14.5. The highest BCUT2D eigenvalue weighted by Crippen LogP contribution is 2.25. The van der Waals surface area contributed by atoms with Crippen LogP contribution < -0.4 is 9.47 Å². The summed E-state index contributed by atoms with van der Waals surface area (Å²) in [6.45, 7) is 5.09. The number of unbranched alkanes of at least 4 members (excludes halogenated alkanes) is 6.